The van der Waals surface area contributed by atoms with Gasteiger partial charge in [0.15, 0.2) is 0 Å². The van der Waals surface area contributed by atoms with Crippen LogP contribution in [0.15, 0.2) is 42.6 Å². The molecule has 138 valence electrons. The highest BCUT2D eigenvalue weighted by Crippen LogP contribution is 2.22. The summed E-state index contributed by atoms with van der Waals surface area (Å²) in [6, 6.07) is 11.9. The summed E-state index contributed by atoms with van der Waals surface area (Å²) in [7, 11) is 1.68. The quantitative estimate of drug-likeness (QED) is 0.894. The first-order valence-corrected chi connectivity index (χ1v) is 8.97. The zero-order valence-electron chi connectivity index (χ0n) is 15.6. The molecule has 6 heteroatoms. The van der Waals surface area contributed by atoms with E-state index >= 15 is 0 Å². The van der Waals surface area contributed by atoms with Gasteiger partial charge in [-0.15, -0.1) is 0 Å². The zero-order valence-corrected chi connectivity index (χ0v) is 15.6. The van der Waals surface area contributed by atoms with Crippen molar-refractivity contribution in [1.82, 2.24) is 10.3 Å². The molecule has 6 nitrogen and oxygen atoms in total. The predicted octanol–water partition coefficient (Wildman–Crippen LogP) is 2.56. The number of ether oxygens (including phenoxy) is 1. The van der Waals surface area contributed by atoms with E-state index in [1.54, 1.807) is 19.4 Å². The molecule has 0 saturated carbocycles. The second-order valence-corrected chi connectivity index (χ2v) is 6.70. The largest absolute Gasteiger partial charge is 0.497 e. The number of piperazine rings is 1. The van der Waals surface area contributed by atoms with Crippen LogP contribution in [0, 0.1) is 0 Å². The van der Waals surface area contributed by atoms with Crippen molar-refractivity contribution in [1.29, 1.82) is 0 Å². The van der Waals surface area contributed by atoms with Gasteiger partial charge in [-0.2, -0.15) is 0 Å². The SMILES string of the molecule is COc1ccc(N2CCN(c3cc(C(=O)NC(C)C)ccn3)CC2)cc1. The maximum atomic E-state index is 12.2. The Morgan fingerprint density at radius 1 is 1.08 bits per heavy atom. The first-order chi connectivity index (χ1) is 12.6. The number of hydrogen-bond donors (Lipinski definition) is 1. The maximum absolute atomic E-state index is 12.2. The van der Waals surface area contributed by atoms with Crippen molar-refractivity contribution in [3.63, 3.8) is 0 Å². The van der Waals surface area contributed by atoms with Crippen LogP contribution in [0.5, 0.6) is 5.75 Å². The van der Waals surface area contributed by atoms with Gasteiger partial charge in [-0.05, 0) is 50.2 Å². The summed E-state index contributed by atoms with van der Waals surface area (Å²) in [5.41, 5.74) is 1.85. The molecule has 1 fully saturated rings. The topological polar surface area (TPSA) is 57.7 Å². The Morgan fingerprint density at radius 2 is 1.73 bits per heavy atom. The van der Waals surface area contributed by atoms with Gasteiger partial charge in [0.1, 0.15) is 11.6 Å². The number of nitrogens with zero attached hydrogens (tertiary/aromatic N) is 3. The van der Waals surface area contributed by atoms with Crippen LogP contribution in [-0.2, 0) is 0 Å². The van der Waals surface area contributed by atoms with Crippen LogP contribution in [-0.4, -0.2) is 50.2 Å². The molecular formula is C20H26N4O2. The molecule has 1 aliphatic rings. The summed E-state index contributed by atoms with van der Waals surface area (Å²) < 4.78 is 5.22. The Labute approximate surface area is 154 Å². The van der Waals surface area contributed by atoms with Gasteiger partial charge in [-0.1, -0.05) is 0 Å². The highest BCUT2D eigenvalue weighted by molar-refractivity contribution is 5.95. The lowest BCUT2D eigenvalue weighted by Gasteiger charge is -2.36. The lowest BCUT2D eigenvalue weighted by atomic mass is 10.2. The monoisotopic (exact) mass is 354 g/mol. The zero-order chi connectivity index (χ0) is 18.5. The van der Waals surface area contributed by atoms with Crippen LogP contribution < -0.4 is 19.9 Å². The highest BCUT2D eigenvalue weighted by atomic mass is 16.5. The standard InChI is InChI=1S/C20H26N4O2/c1-15(2)22-20(25)16-8-9-21-19(14-16)24-12-10-23(11-13-24)17-4-6-18(26-3)7-5-17/h4-9,14-15H,10-13H2,1-3H3,(H,22,25). The molecule has 2 aromatic rings. The van der Waals surface area contributed by atoms with Crippen molar-refractivity contribution in [2.75, 3.05) is 43.1 Å². The van der Waals surface area contributed by atoms with E-state index in [1.807, 2.05) is 32.0 Å². The van der Waals surface area contributed by atoms with Crippen molar-refractivity contribution < 1.29 is 9.53 Å². The highest BCUT2D eigenvalue weighted by Gasteiger charge is 2.19. The Hall–Kier alpha value is -2.76. The number of pyridine rings is 1. The Kier molecular flexibility index (Phi) is 5.61. The summed E-state index contributed by atoms with van der Waals surface area (Å²) in [5, 5.41) is 2.92. The van der Waals surface area contributed by atoms with Gasteiger partial charge in [0.05, 0.1) is 7.11 Å². The number of carbonyl (C=O) groups excluding carboxylic acids is 1. The number of rotatable bonds is 5. The van der Waals surface area contributed by atoms with Gasteiger partial charge in [-0.25, -0.2) is 4.98 Å². The second kappa shape index (κ2) is 8.08. The normalized spacial score (nSPS) is 14.5. The van der Waals surface area contributed by atoms with E-state index in [9.17, 15) is 4.79 Å². The fourth-order valence-corrected chi connectivity index (χ4v) is 3.06. The van der Waals surface area contributed by atoms with Gasteiger partial charge in [0.25, 0.3) is 5.91 Å². The summed E-state index contributed by atoms with van der Waals surface area (Å²) in [4.78, 5) is 21.2. The molecule has 0 spiro atoms. The lowest BCUT2D eigenvalue weighted by molar-refractivity contribution is 0.0943. The van der Waals surface area contributed by atoms with Gasteiger partial charge < -0.3 is 19.9 Å². The summed E-state index contributed by atoms with van der Waals surface area (Å²) in [5.74, 6) is 1.67. The van der Waals surface area contributed by atoms with Crippen LogP contribution in [0.2, 0.25) is 0 Å². The predicted molar refractivity (Wildman–Crippen MR) is 104 cm³/mol. The number of aromatic nitrogens is 1. The van der Waals surface area contributed by atoms with Crippen molar-refractivity contribution in [3.8, 4) is 5.75 Å². The van der Waals surface area contributed by atoms with Crippen LogP contribution in [0.1, 0.15) is 24.2 Å². The maximum Gasteiger partial charge on any atom is 0.251 e. The molecule has 26 heavy (non-hydrogen) atoms. The van der Waals surface area contributed by atoms with Gasteiger partial charge in [-0.3, -0.25) is 4.79 Å². The molecule has 0 bridgehead atoms. The third-order valence-corrected chi connectivity index (χ3v) is 4.47. The third kappa shape index (κ3) is 4.25. The van der Waals surface area contributed by atoms with E-state index in [0.717, 1.165) is 37.7 Å². The smallest absolute Gasteiger partial charge is 0.251 e. The average molecular weight is 354 g/mol. The van der Waals surface area contributed by atoms with Gasteiger partial charge >= 0.3 is 0 Å². The first kappa shape index (κ1) is 18.0. The Morgan fingerprint density at radius 3 is 2.35 bits per heavy atom. The van der Waals surface area contributed by atoms with Crippen molar-refractivity contribution in [2.45, 2.75) is 19.9 Å². The van der Waals surface area contributed by atoms with Crippen molar-refractivity contribution >= 4 is 17.4 Å². The molecule has 0 atom stereocenters. The van der Waals surface area contributed by atoms with E-state index in [1.165, 1.54) is 5.69 Å². The molecule has 3 rings (SSSR count). The molecule has 1 aromatic heterocycles. The Balaban J connectivity index is 1.63. The first-order valence-electron chi connectivity index (χ1n) is 8.97. The molecule has 1 aromatic carbocycles. The number of carbonyl (C=O) groups is 1. The molecular weight excluding hydrogens is 328 g/mol. The average Bonchev–Trinajstić information content (AvgIpc) is 2.68. The van der Waals surface area contributed by atoms with Crippen molar-refractivity contribution in [2.24, 2.45) is 0 Å². The molecule has 1 aliphatic heterocycles. The van der Waals surface area contributed by atoms with E-state index in [0.29, 0.717) is 5.56 Å². The van der Waals surface area contributed by atoms with Crippen LogP contribution in [0.3, 0.4) is 0 Å². The van der Waals surface area contributed by atoms with E-state index in [2.05, 4.69) is 32.2 Å². The molecule has 0 aliphatic carbocycles. The van der Waals surface area contributed by atoms with Crippen LogP contribution in [0.4, 0.5) is 11.5 Å². The molecule has 0 unspecified atom stereocenters. The van der Waals surface area contributed by atoms with E-state index in [-0.39, 0.29) is 11.9 Å². The lowest BCUT2D eigenvalue weighted by Crippen LogP contribution is -2.46. The molecule has 1 amide bonds. The van der Waals surface area contributed by atoms with Crippen LogP contribution in [0.25, 0.3) is 0 Å². The minimum Gasteiger partial charge on any atom is -0.497 e. The molecule has 1 saturated heterocycles. The van der Waals surface area contributed by atoms with Gasteiger partial charge in [0, 0.05) is 49.7 Å². The fraction of sp³-hybridized carbons (Fsp3) is 0.400. The molecule has 2 heterocycles. The number of anilines is 2. The number of amides is 1. The second-order valence-electron chi connectivity index (χ2n) is 6.70. The fourth-order valence-electron chi connectivity index (χ4n) is 3.06. The summed E-state index contributed by atoms with van der Waals surface area (Å²) in [6.07, 6.45) is 1.71. The van der Waals surface area contributed by atoms with Crippen molar-refractivity contribution in [3.05, 3.63) is 48.2 Å². The number of hydrogen-bond acceptors (Lipinski definition) is 5. The third-order valence-electron chi connectivity index (χ3n) is 4.47. The minimum absolute atomic E-state index is 0.0551. The van der Waals surface area contributed by atoms with Gasteiger partial charge in [0.2, 0.25) is 0 Å². The van der Waals surface area contributed by atoms with Crippen LogP contribution >= 0.6 is 0 Å². The minimum atomic E-state index is -0.0551. The van der Waals surface area contributed by atoms with E-state index < -0.39 is 0 Å². The van der Waals surface area contributed by atoms with E-state index in [4.69, 9.17) is 4.74 Å². The summed E-state index contributed by atoms with van der Waals surface area (Å²) in [6.45, 7) is 7.48. The number of benzene rings is 1. The molecule has 1 N–H and O–H groups in total. The summed E-state index contributed by atoms with van der Waals surface area (Å²) >= 11 is 0. The molecule has 0 radical (unpaired) electrons. The number of nitrogens with one attached hydrogen (secondary N) is 1. The number of methoxy groups -OCH3 is 1. The Bertz CT molecular complexity index is 738.